The standard InChI is InChI=1S/C23H26FN3O3/c24-19-9-5-18(6-10-19)23(30)27-20-11-7-17(8-12-20)22(29)26-14-13-25-21(28)15-16-3-1-2-4-16/h5-12,16H,1-4,13-15H2,(H,25,28)(H,26,29)(H,27,30). The van der Waals surface area contributed by atoms with Crippen LogP contribution >= 0.6 is 0 Å². The maximum absolute atomic E-state index is 12.9. The van der Waals surface area contributed by atoms with E-state index in [9.17, 15) is 18.8 Å². The summed E-state index contributed by atoms with van der Waals surface area (Å²) in [6, 6.07) is 11.7. The lowest BCUT2D eigenvalue weighted by Gasteiger charge is -2.10. The van der Waals surface area contributed by atoms with Crippen LogP contribution in [0.2, 0.25) is 0 Å². The minimum atomic E-state index is -0.407. The Morgan fingerprint density at radius 3 is 2.03 bits per heavy atom. The van der Waals surface area contributed by atoms with Gasteiger partial charge in [-0.2, -0.15) is 0 Å². The van der Waals surface area contributed by atoms with Crippen LogP contribution in [0.4, 0.5) is 10.1 Å². The molecule has 1 aliphatic rings. The second-order valence-corrected chi connectivity index (χ2v) is 7.50. The topological polar surface area (TPSA) is 87.3 Å². The van der Waals surface area contributed by atoms with Crippen LogP contribution in [-0.2, 0) is 4.79 Å². The molecule has 0 radical (unpaired) electrons. The van der Waals surface area contributed by atoms with Crippen LogP contribution in [0.25, 0.3) is 0 Å². The monoisotopic (exact) mass is 411 g/mol. The second kappa shape index (κ2) is 10.5. The lowest BCUT2D eigenvalue weighted by atomic mass is 10.0. The fourth-order valence-electron chi connectivity index (χ4n) is 3.54. The molecule has 1 fully saturated rings. The number of carbonyl (C=O) groups excluding carboxylic acids is 3. The smallest absolute Gasteiger partial charge is 0.255 e. The van der Waals surface area contributed by atoms with Gasteiger partial charge in [-0.05, 0) is 67.3 Å². The van der Waals surface area contributed by atoms with E-state index in [4.69, 9.17) is 0 Å². The van der Waals surface area contributed by atoms with Crippen molar-refractivity contribution in [2.75, 3.05) is 18.4 Å². The van der Waals surface area contributed by atoms with Crippen molar-refractivity contribution in [1.82, 2.24) is 10.6 Å². The maximum Gasteiger partial charge on any atom is 0.255 e. The zero-order chi connectivity index (χ0) is 21.3. The van der Waals surface area contributed by atoms with E-state index in [2.05, 4.69) is 16.0 Å². The quantitative estimate of drug-likeness (QED) is 0.581. The second-order valence-electron chi connectivity index (χ2n) is 7.50. The van der Waals surface area contributed by atoms with E-state index in [-0.39, 0.29) is 17.7 Å². The minimum absolute atomic E-state index is 0.0393. The van der Waals surface area contributed by atoms with Gasteiger partial charge in [0.2, 0.25) is 5.91 Å². The Bertz CT molecular complexity index is 876. The molecule has 0 heterocycles. The lowest BCUT2D eigenvalue weighted by Crippen LogP contribution is -2.35. The first kappa shape index (κ1) is 21.5. The number of halogens is 1. The van der Waals surface area contributed by atoms with Crippen molar-refractivity contribution in [3.8, 4) is 0 Å². The first-order chi connectivity index (χ1) is 14.5. The number of hydrogen-bond acceptors (Lipinski definition) is 3. The molecule has 1 saturated carbocycles. The van der Waals surface area contributed by atoms with E-state index in [0.29, 0.717) is 42.2 Å². The number of benzene rings is 2. The molecule has 7 heteroatoms. The molecule has 3 rings (SSSR count). The van der Waals surface area contributed by atoms with Crippen LogP contribution in [0.5, 0.6) is 0 Å². The molecule has 0 saturated heterocycles. The third-order valence-corrected chi connectivity index (χ3v) is 5.19. The zero-order valence-corrected chi connectivity index (χ0v) is 16.7. The molecule has 6 nitrogen and oxygen atoms in total. The van der Waals surface area contributed by atoms with Crippen molar-refractivity contribution >= 4 is 23.4 Å². The van der Waals surface area contributed by atoms with Crippen LogP contribution < -0.4 is 16.0 Å². The van der Waals surface area contributed by atoms with E-state index in [1.807, 2.05) is 0 Å². The SMILES string of the molecule is O=C(CC1CCCC1)NCCNC(=O)c1ccc(NC(=O)c2ccc(F)cc2)cc1. The Morgan fingerprint density at radius 1 is 0.800 bits per heavy atom. The first-order valence-corrected chi connectivity index (χ1v) is 10.2. The largest absolute Gasteiger partial charge is 0.354 e. The fraction of sp³-hybridized carbons (Fsp3) is 0.348. The van der Waals surface area contributed by atoms with Gasteiger partial charge in [-0.25, -0.2) is 4.39 Å². The molecule has 0 bridgehead atoms. The molecular formula is C23H26FN3O3. The average Bonchev–Trinajstić information content (AvgIpc) is 3.25. The zero-order valence-electron chi connectivity index (χ0n) is 16.7. The van der Waals surface area contributed by atoms with Gasteiger partial charge in [-0.1, -0.05) is 12.8 Å². The lowest BCUT2D eigenvalue weighted by molar-refractivity contribution is -0.121. The van der Waals surface area contributed by atoms with Crippen LogP contribution in [-0.4, -0.2) is 30.8 Å². The highest BCUT2D eigenvalue weighted by Gasteiger charge is 2.18. The number of carbonyl (C=O) groups is 3. The van der Waals surface area contributed by atoms with Crippen LogP contribution in [0.3, 0.4) is 0 Å². The molecule has 2 aromatic rings. The maximum atomic E-state index is 12.9. The van der Waals surface area contributed by atoms with Crippen molar-refractivity contribution < 1.29 is 18.8 Å². The number of nitrogens with one attached hydrogen (secondary N) is 3. The van der Waals surface area contributed by atoms with E-state index >= 15 is 0 Å². The number of anilines is 1. The highest BCUT2D eigenvalue weighted by atomic mass is 19.1. The predicted octanol–water partition coefficient (Wildman–Crippen LogP) is 3.50. The highest BCUT2D eigenvalue weighted by Crippen LogP contribution is 2.27. The molecule has 2 aromatic carbocycles. The average molecular weight is 411 g/mol. The molecule has 158 valence electrons. The predicted molar refractivity (Wildman–Crippen MR) is 113 cm³/mol. The Labute approximate surface area is 175 Å². The summed E-state index contributed by atoms with van der Waals surface area (Å²) in [5.74, 6) is -0.480. The Hall–Kier alpha value is -3.22. The van der Waals surface area contributed by atoms with E-state index in [0.717, 1.165) is 12.8 Å². The third kappa shape index (κ3) is 6.40. The van der Waals surface area contributed by atoms with Crippen molar-refractivity contribution in [1.29, 1.82) is 0 Å². The number of amides is 3. The summed E-state index contributed by atoms with van der Waals surface area (Å²) < 4.78 is 12.9. The highest BCUT2D eigenvalue weighted by molar-refractivity contribution is 6.04. The van der Waals surface area contributed by atoms with Crippen molar-refractivity contribution in [3.63, 3.8) is 0 Å². The molecule has 1 aliphatic carbocycles. The van der Waals surface area contributed by atoms with Crippen LogP contribution in [0, 0.1) is 11.7 Å². The van der Waals surface area contributed by atoms with Gasteiger partial charge in [-0.3, -0.25) is 14.4 Å². The Balaban J connectivity index is 1.39. The number of hydrogen-bond donors (Lipinski definition) is 3. The summed E-state index contributed by atoms with van der Waals surface area (Å²) in [6.07, 6.45) is 5.25. The van der Waals surface area contributed by atoms with Gasteiger partial charge in [0.25, 0.3) is 11.8 Å². The normalized spacial score (nSPS) is 13.6. The molecule has 0 aromatic heterocycles. The molecule has 0 spiro atoms. The summed E-state index contributed by atoms with van der Waals surface area (Å²) in [7, 11) is 0. The summed E-state index contributed by atoms with van der Waals surface area (Å²) in [4.78, 5) is 36.2. The van der Waals surface area contributed by atoms with Crippen LogP contribution in [0.15, 0.2) is 48.5 Å². The summed E-state index contributed by atoms with van der Waals surface area (Å²) in [5.41, 5.74) is 1.32. The fourth-order valence-corrected chi connectivity index (χ4v) is 3.54. The first-order valence-electron chi connectivity index (χ1n) is 10.2. The van der Waals surface area contributed by atoms with Gasteiger partial charge < -0.3 is 16.0 Å². The molecule has 0 atom stereocenters. The summed E-state index contributed by atoms with van der Waals surface area (Å²) in [5, 5.41) is 8.30. The molecule has 0 unspecified atom stereocenters. The Morgan fingerprint density at radius 2 is 1.37 bits per heavy atom. The van der Waals surface area contributed by atoms with Crippen molar-refractivity contribution in [2.45, 2.75) is 32.1 Å². The van der Waals surface area contributed by atoms with Gasteiger partial charge in [-0.15, -0.1) is 0 Å². The Kier molecular flexibility index (Phi) is 7.54. The summed E-state index contributed by atoms with van der Waals surface area (Å²) >= 11 is 0. The van der Waals surface area contributed by atoms with Gasteiger partial charge in [0.05, 0.1) is 0 Å². The van der Waals surface area contributed by atoms with Crippen LogP contribution in [0.1, 0.15) is 52.8 Å². The van der Waals surface area contributed by atoms with Gasteiger partial charge in [0.1, 0.15) is 5.82 Å². The van der Waals surface area contributed by atoms with E-state index in [1.165, 1.54) is 37.1 Å². The van der Waals surface area contributed by atoms with E-state index < -0.39 is 5.82 Å². The van der Waals surface area contributed by atoms with Crippen molar-refractivity contribution in [2.24, 2.45) is 5.92 Å². The third-order valence-electron chi connectivity index (χ3n) is 5.19. The van der Waals surface area contributed by atoms with E-state index in [1.54, 1.807) is 24.3 Å². The van der Waals surface area contributed by atoms with Gasteiger partial charge >= 0.3 is 0 Å². The minimum Gasteiger partial charge on any atom is -0.354 e. The molecule has 3 N–H and O–H groups in total. The van der Waals surface area contributed by atoms with Gasteiger partial charge in [0, 0.05) is 36.3 Å². The number of rotatable bonds is 8. The molecular weight excluding hydrogens is 385 g/mol. The molecule has 0 aliphatic heterocycles. The molecule has 30 heavy (non-hydrogen) atoms. The summed E-state index contributed by atoms with van der Waals surface area (Å²) in [6.45, 7) is 0.737. The van der Waals surface area contributed by atoms with Crippen molar-refractivity contribution in [3.05, 3.63) is 65.5 Å². The molecule has 3 amide bonds. The van der Waals surface area contributed by atoms with Gasteiger partial charge in [0.15, 0.2) is 0 Å².